The quantitative estimate of drug-likeness (QED) is 0.820. The maximum absolute atomic E-state index is 5.06. The monoisotopic (exact) mass is 235 g/mol. The minimum atomic E-state index is 0.426. The standard InChI is InChI=1S/C11H13N3OS/c1-7(2)8-6-16-11(13-8)10-12-5-4-9(14-10)15-3/h4-7H,1-3H3. The number of aromatic nitrogens is 3. The van der Waals surface area contributed by atoms with Crippen molar-refractivity contribution in [3.63, 3.8) is 0 Å². The molecule has 0 aliphatic heterocycles. The summed E-state index contributed by atoms with van der Waals surface area (Å²) in [6.45, 7) is 4.23. The van der Waals surface area contributed by atoms with E-state index in [1.54, 1.807) is 30.7 Å². The van der Waals surface area contributed by atoms with E-state index in [1.165, 1.54) is 0 Å². The van der Waals surface area contributed by atoms with Gasteiger partial charge in [-0.05, 0) is 5.92 Å². The summed E-state index contributed by atoms with van der Waals surface area (Å²) in [7, 11) is 1.59. The number of ether oxygens (including phenoxy) is 1. The van der Waals surface area contributed by atoms with E-state index in [1.807, 2.05) is 5.38 Å². The largest absolute Gasteiger partial charge is 0.481 e. The number of rotatable bonds is 3. The normalized spacial score (nSPS) is 10.8. The van der Waals surface area contributed by atoms with Gasteiger partial charge < -0.3 is 4.74 Å². The van der Waals surface area contributed by atoms with Crippen molar-refractivity contribution in [3.05, 3.63) is 23.3 Å². The van der Waals surface area contributed by atoms with Crippen molar-refractivity contribution in [3.8, 4) is 16.7 Å². The van der Waals surface area contributed by atoms with Gasteiger partial charge in [-0.15, -0.1) is 11.3 Å². The third-order valence-corrected chi connectivity index (χ3v) is 3.00. The SMILES string of the molecule is COc1ccnc(-c2nc(C(C)C)cs2)n1. The summed E-state index contributed by atoms with van der Waals surface area (Å²) < 4.78 is 5.06. The second-order valence-corrected chi connectivity index (χ2v) is 4.51. The van der Waals surface area contributed by atoms with E-state index in [4.69, 9.17) is 4.74 Å². The summed E-state index contributed by atoms with van der Waals surface area (Å²) in [4.78, 5) is 12.9. The maximum Gasteiger partial charge on any atom is 0.216 e. The third kappa shape index (κ3) is 2.19. The van der Waals surface area contributed by atoms with Gasteiger partial charge in [-0.2, -0.15) is 4.98 Å². The topological polar surface area (TPSA) is 47.9 Å². The van der Waals surface area contributed by atoms with Crippen LogP contribution in [0.3, 0.4) is 0 Å². The van der Waals surface area contributed by atoms with Crippen molar-refractivity contribution < 1.29 is 4.74 Å². The van der Waals surface area contributed by atoms with Gasteiger partial charge >= 0.3 is 0 Å². The van der Waals surface area contributed by atoms with E-state index >= 15 is 0 Å². The molecule has 4 nitrogen and oxygen atoms in total. The zero-order valence-electron chi connectivity index (χ0n) is 9.47. The molecule has 2 heterocycles. The fourth-order valence-corrected chi connectivity index (χ4v) is 2.13. The van der Waals surface area contributed by atoms with Crippen LogP contribution < -0.4 is 4.74 Å². The molecule has 0 amide bonds. The highest BCUT2D eigenvalue weighted by molar-refractivity contribution is 7.13. The van der Waals surface area contributed by atoms with Gasteiger partial charge in [-0.25, -0.2) is 9.97 Å². The van der Waals surface area contributed by atoms with Crippen molar-refractivity contribution in [1.29, 1.82) is 0 Å². The van der Waals surface area contributed by atoms with E-state index in [-0.39, 0.29) is 0 Å². The molecule has 84 valence electrons. The molecule has 0 aromatic carbocycles. The van der Waals surface area contributed by atoms with E-state index < -0.39 is 0 Å². The predicted molar refractivity (Wildman–Crippen MR) is 63.8 cm³/mol. The average molecular weight is 235 g/mol. The fourth-order valence-electron chi connectivity index (χ4n) is 1.21. The van der Waals surface area contributed by atoms with Crippen LogP contribution in [0.25, 0.3) is 10.8 Å². The van der Waals surface area contributed by atoms with Gasteiger partial charge in [0.15, 0.2) is 10.8 Å². The first kappa shape index (κ1) is 11.0. The number of methoxy groups -OCH3 is 1. The molecule has 0 N–H and O–H groups in total. The lowest BCUT2D eigenvalue weighted by Crippen LogP contribution is -1.93. The van der Waals surface area contributed by atoms with Crippen molar-refractivity contribution in [2.24, 2.45) is 0 Å². The highest BCUT2D eigenvalue weighted by Gasteiger charge is 2.10. The molecule has 0 unspecified atom stereocenters. The van der Waals surface area contributed by atoms with E-state index in [2.05, 4.69) is 28.8 Å². The number of nitrogens with zero attached hydrogens (tertiary/aromatic N) is 3. The molecule has 5 heteroatoms. The minimum Gasteiger partial charge on any atom is -0.481 e. The van der Waals surface area contributed by atoms with E-state index in [0.717, 1.165) is 10.7 Å². The van der Waals surface area contributed by atoms with Gasteiger partial charge in [0, 0.05) is 17.6 Å². The van der Waals surface area contributed by atoms with Gasteiger partial charge in [-0.1, -0.05) is 13.8 Å². The summed E-state index contributed by atoms with van der Waals surface area (Å²) in [5, 5.41) is 2.88. The Morgan fingerprint density at radius 3 is 2.75 bits per heavy atom. The molecule has 2 aromatic heterocycles. The Balaban J connectivity index is 2.34. The summed E-state index contributed by atoms with van der Waals surface area (Å²) in [5.74, 6) is 1.61. The average Bonchev–Trinajstić information content (AvgIpc) is 2.78. The Bertz CT molecular complexity index is 482. The van der Waals surface area contributed by atoms with E-state index in [0.29, 0.717) is 17.6 Å². The molecule has 0 fully saturated rings. The molecular formula is C11H13N3OS. The number of hydrogen-bond acceptors (Lipinski definition) is 5. The summed E-state index contributed by atoms with van der Waals surface area (Å²) in [6, 6.07) is 1.72. The highest BCUT2D eigenvalue weighted by Crippen LogP contribution is 2.24. The minimum absolute atomic E-state index is 0.426. The highest BCUT2D eigenvalue weighted by atomic mass is 32.1. The molecule has 0 aliphatic rings. The Morgan fingerprint density at radius 1 is 1.31 bits per heavy atom. The lowest BCUT2D eigenvalue weighted by atomic mass is 10.2. The number of hydrogen-bond donors (Lipinski definition) is 0. The Hall–Kier alpha value is -1.49. The zero-order chi connectivity index (χ0) is 11.5. The second-order valence-electron chi connectivity index (χ2n) is 3.65. The predicted octanol–water partition coefficient (Wildman–Crippen LogP) is 2.73. The molecule has 0 saturated heterocycles. The molecule has 0 radical (unpaired) electrons. The van der Waals surface area contributed by atoms with Gasteiger partial charge in [0.2, 0.25) is 5.88 Å². The van der Waals surface area contributed by atoms with Crippen LogP contribution in [0.1, 0.15) is 25.5 Å². The van der Waals surface area contributed by atoms with Crippen molar-refractivity contribution in [1.82, 2.24) is 15.0 Å². The van der Waals surface area contributed by atoms with Crippen LogP contribution in [0.15, 0.2) is 17.6 Å². The molecule has 0 aliphatic carbocycles. The van der Waals surface area contributed by atoms with Crippen molar-refractivity contribution >= 4 is 11.3 Å². The Kier molecular flexibility index (Phi) is 3.14. The van der Waals surface area contributed by atoms with Gasteiger partial charge in [0.05, 0.1) is 12.8 Å². The van der Waals surface area contributed by atoms with Gasteiger partial charge in [0.1, 0.15) is 0 Å². The molecule has 0 atom stereocenters. The van der Waals surface area contributed by atoms with Crippen LogP contribution in [-0.4, -0.2) is 22.1 Å². The summed E-state index contributed by atoms with van der Waals surface area (Å²) in [6.07, 6.45) is 1.68. The van der Waals surface area contributed by atoms with Gasteiger partial charge in [0.25, 0.3) is 0 Å². The van der Waals surface area contributed by atoms with Gasteiger partial charge in [-0.3, -0.25) is 0 Å². The van der Waals surface area contributed by atoms with E-state index in [9.17, 15) is 0 Å². The first-order valence-electron chi connectivity index (χ1n) is 5.03. The maximum atomic E-state index is 5.06. The first-order chi connectivity index (χ1) is 7.70. The van der Waals surface area contributed by atoms with Crippen LogP contribution in [0.4, 0.5) is 0 Å². The smallest absolute Gasteiger partial charge is 0.216 e. The molecule has 16 heavy (non-hydrogen) atoms. The molecule has 2 rings (SSSR count). The van der Waals surface area contributed by atoms with Crippen LogP contribution in [0, 0.1) is 0 Å². The number of thiazole rings is 1. The molecule has 0 saturated carbocycles. The Morgan fingerprint density at radius 2 is 2.12 bits per heavy atom. The third-order valence-electron chi connectivity index (χ3n) is 2.14. The lowest BCUT2D eigenvalue weighted by molar-refractivity contribution is 0.397. The Labute approximate surface area is 98.4 Å². The van der Waals surface area contributed by atoms with Crippen molar-refractivity contribution in [2.45, 2.75) is 19.8 Å². The molecule has 0 spiro atoms. The first-order valence-corrected chi connectivity index (χ1v) is 5.91. The lowest BCUT2D eigenvalue weighted by Gasteiger charge is -1.99. The molecular weight excluding hydrogens is 222 g/mol. The summed E-state index contributed by atoms with van der Waals surface area (Å²) >= 11 is 1.56. The molecule has 2 aromatic rings. The van der Waals surface area contributed by atoms with Crippen molar-refractivity contribution in [2.75, 3.05) is 7.11 Å². The van der Waals surface area contributed by atoms with Crippen LogP contribution in [-0.2, 0) is 0 Å². The summed E-state index contributed by atoms with van der Waals surface area (Å²) in [5.41, 5.74) is 1.08. The zero-order valence-corrected chi connectivity index (χ0v) is 10.3. The second kappa shape index (κ2) is 4.57. The van der Waals surface area contributed by atoms with Crippen LogP contribution in [0.5, 0.6) is 5.88 Å². The van der Waals surface area contributed by atoms with Crippen LogP contribution >= 0.6 is 11.3 Å². The molecule has 0 bridgehead atoms. The fraction of sp³-hybridized carbons (Fsp3) is 0.364. The van der Waals surface area contributed by atoms with Crippen LogP contribution in [0.2, 0.25) is 0 Å².